The Labute approximate surface area is 315 Å². The van der Waals surface area contributed by atoms with Gasteiger partial charge in [-0.15, -0.1) is 0 Å². The lowest BCUT2D eigenvalue weighted by molar-refractivity contribution is 0.353. The maximum absolute atomic E-state index is 6.87. The lowest BCUT2D eigenvalue weighted by Gasteiger charge is -2.36. The largest absolute Gasteiger partial charge is 0.454 e. The number of nitrogens with zero attached hydrogens (tertiary/aromatic N) is 1. The van der Waals surface area contributed by atoms with Crippen LogP contribution < -0.4 is 4.90 Å². The molecule has 0 N–H and O–H groups in total. The minimum atomic E-state index is 0.0614. The quantitative estimate of drug-likeness (QED) is 0.178. The molecule has 1 saturated carbocycles. The summed E-state index contributed by atoms with van der Waals surface area (Å²) < 4.78 is 6.87. The molecule has 54 heavy (non-hydrogen) atoms. The Morgan fingerprint density at radius 3 is 1.87 bits per heavy atom. The minimum Gasteiger partial charge on any atom is -0.454 e. The monoisotopic (exact) mass is 693 g/mol. The molecule has 0 saturated heterocycles. The van der Waals surface area contributed by atoms with E-state index in [-0.39, 0.29) is 5.41 Å². The van der Waals surface area contributed by atoms with E-state index in [2.05, 4.69) is 181 Å². The average Bonchev–Trinajstić information content (AvgIpc) is 3.76. The van der Waals surface area contributed by atoms with Crippen molar-refractivity contribution in [1.82, 2.24) is 0 Å². The van der Waals surface area contributed by atoms with Crippen LogP contribution in [0.15, 0.2) is 180 Å². The van der Waals surface area contributed by atoms with Crippen LogP contribution in [-0.2, 0) is 5.41 Å². The molecule has 0 amide bonds. The first kappa shape index (κ1) is 31.2. The predicted octanol–water partition coefficient (Wildman–Crippen LogP) is 14.8. The van der Waals surface area contributed by atoms with Crippen LogP contribution in [0.3, 0.4) is 0 Å². The van der Waals surface area contributed by atoms with Crippen molar-refractivity contribution in [1.29, 1.82) is 0 Å². The van der Waals surface area contributed by atoms with Crippen LogP contribution in [0, 0.1) is 0 Å². The van der Waals surface area contributed by atoms with E-state index < -0.39 is 0 Å². The molecule has 1 aromatic heterocycles. The number of benzene rings is 8. The standard InChI is InChI=1S/C52H39NO/c1-3-12-35(13-4-1)36-20-22-37(23-21-36)38-24-27-40(28-25-38)53(48-19-11-17-45-50-42-15-6-5-14-39(42)26-31-49(50)54-51(45)48)41-29-30-44-43-16-7-8-18-46(43)52(47(44)34-41)32-9-2-10-33-52/h1,3-8,11-31,34H,2,9-10,32-33H2. The predicted molar refractivity (Wildman–Crippen MR) is 226 cm³/mol. The van der Waals surface area contributed by atoms with Gasteiger partial charge in [-0.05, 0) is 105 Å². The third-order valence-electron chi connectivity index (χ3n) is 12.3. The van der Waals surface area contributed by atoms with Crippen LogP contribution in [0.2, 0.25) is 0 Å². The van der Waals surface area contributed by atoms with Crippen LogP contribution in [0.5, 0.6) is 0 Å². The van der Waals surface area contributed by atoms with Crippen LogP contribution in [0.1, 0.15) is 43.2 Å². The summed E-state index contributed by atoms with van der Waals surface area (Å²) in [6.45, 7) is 0. The Hall–Kier alpha value is -6.38. The molecule has 0 radical (unpaired) electrons. The number of para-hydroxylation sites is 1. The highest BCUT2D eigenvalue weighted by atomic mass is 16.3. The van der Waals surface area contributed by atoms with Crippen LogP contribution in [-0.4, -0.2) is 0 Å². The summed E-state index contributed by atoms with van der Waals surface area (Å²) in [4.78, 5) is 2.43. The van der Waals surface area contributed by atoms with E-state index in [0.717, 1.165) is 33.6 Å². The van der Waals surface area contributed by atoms with Crippen molar-refractivity contribution >= 4 is 49.8 Å². The van der Waals surface area contributed by atoms with Gasteiger partial charge in [-0.1, -0.05) is 159 Å². The molecule has 11 rings (SSSR count). The maximum Gasteiger partial charge on any atom is 0.159 e. The van der Waals surface area contributed by atoms with Crippen molar-refractivity contribution in [2.45, 2.75) is 37.5 Å². The number of anilines is 3. The minimum absolute atomic E-state index is 0.0614. The van der Waals surface area contributed by atoms with Gasteiger partial charge in [0.05, 0.1) is 5.69 Å². The Morgan fingerprint density at radius 2 is 1.07 bits per heavy atom. The molecular formula is C52H39NO. The van der Waals surface area contributed by atoms with E-state index in [1.807, 2.05) is 0 Å². The Bertz CT molecular complexity index is 2840. The first-order chi connectivity index (χ1) is 26.7. The summed E-state index contributed by atoms with van der Waals surface area (Å²) in [5, 5.41) is 4.74. The van der Waals surface area contributed by atoms with Crippen molar-refractivity contribution in [3.8, 4) is 33.4 Å². The van der Waals surface area contributed by atoms with E-state index in [0.29, 0.717) is 0 Å². The molecule has 0 aliphatic heterocycles. The zero-order valence-corrected chi connectivity index (χ0v) is 30.1. The molecule has 0 bridgehead atoms. The van der Waals surface area contributed by atoms with Gasteiger partial charge in [0, 0.05) is 27.6 Å². The van der Waals surface area contributed by atoms with Crippen molar-refractivity contribution in [3.63, 3.8) is 0 Å². The summed E-state index contributed by atoms with van der Waals surface area (Å²) in [6, 6.07) is 64.5. The van der Waals surface area contributed by atoms with Crippen molar-refractivity contribution in [3.05, 3.63) is 187 Å². The van der Waals surface area contributed by atoms with Gasteiger partial charge in [-0.2, -0.15) is 0 Å². The molecule has 2 heteroatoms. The number of hydrogen-bond acceptors (Lipinski definition) is 2. The second-order valence-electron chi connectivity index (χ2n) is 15.2. The van der Waals surface area contributed by atoms with E-state index in [4.69, 9.17) is 4.42 Å². The molecular weight excluding hydrogens is 655 g/mol. The normalized spacial score (nSPS) is 14.4. The fraction of sp³-hybridized carbons (Fsp3) is 0.115. The molecule has 1 fully saturated rings. The fourth-order valence-corrected chi connectivity index (χ4v) is 9.72. The molecule has 2 aliphatic carbocycles. The molecule has 0 atom stereocenters. The highest BCUT2D eigenvalue weighted by molar-refractivity contribution is 6.21. The highest BCUT2D eigenvalue weighted by Gasteiger charge is 2.44. The molecule has 0 unspecified atom stereocenters. The third kappa shape index (κ3) is 4.80. The molecule has 1 spiro atoms. The fourth-order valence-electron chi connectivity index (χ4n) is 9.72. The lowest BCUT2D eigenvalue weighted by atomic mass is 9.68. The zero-order chi connectivity index (χ0) is 35.6. The van der Waals surface area contributed by atoms with Gasteiger partial charge in [0.1, 0.15) is 5.58 Å². The summed E-state index contributed by atoms with van der Waals surface area (Å²) >= 11 is 0. The number of rotatable bonds is 5. The van der Waals surface area contributed by atoms with E-state index in [1.165, 1.54) is 92.8 Å². The van der Waals surface area contributed by atoms with E-state index in [9.17, 15) is 0 Å². The summed E-state index contributed by atoms with van der Waals surface area (Å²) in [5.41, 5.74) is 15.8. The SMILES string of the molecule is c1ccc(-c2ccc(-c3ccc(N(c4ccc5c(c4)C4(CCCCC4)c4ccccc4-5)c4cccc5c4oc4ccc6ccccc6c45)cc3)cc2)cc1. The first-order valence-electron chi connectivity index (χ1n) is 19.4. The Morgan fingerprint density at radius 1 is 0.444 bits per heavy atom. The van der Waals surface area contributed by atoms with E-state index in [1.54, 1.807) is 0 Å². The second kappa shape index (κ2) is 12.4. The number of hydrogen-bond donors (Lipinski definition) is 0. The van der Waals surface area contributed by atoms with Crippen LogP contribution >= 0.6 is 0 Å². The average molecular weight is 694 g/mol. The smallest absolute Gasteiger partial charge is 0.159 e. The molecule has 2 nitrogen and oxygen atoms in total. The highest BCUT2D eigenvalue weighted by Crippen LogP contribution is 2.57. The number of furan rings is 1. The molecule has 8 aromatic carbocycles. The molecule has 2 aliphatic rings. The van der Waals surface area contributed by atoms with Gasteiger partial charge in [-0.25, -0.2) is 0 Å². The molecule has 9 aromatic rings. The molecule has 1 heterocycles. The van der Waals surface area contributed by atoms with Crippen molar-refractivity contribution < 1.29 is 4.42 Å². The van der Waals surface area contributed by atoms with Gasteiger partial charge in [0.25, 0.3) is 0 Å². The molecule has 258 valence electrons. The number of fused-ring (bicyclic) bond motifs is 10. The topological polar surface area (TPSA) is 16.4 Å². The Balaban J connectivity index is 1.08. The lowest BCUT2D eigenvalue weighted by Crippen LogP contribution is -2.28. The summed E-state index contributed by atoms with van der Waals surface area (Å²) in [7, 11) is 0. The second-order valence-corrected chi connectivity index (χ2v) is 15.2. The summed E-state index contributed by atoms with van der Waals surface area (Å²) in [6.07, 6.45) is 6.24. The van der Waals surface area contributed by atoms with Crippen molar-refractivity contribution in [2.75, 3.05) is 4.90 Å². The summed E-state index contributed by atoms with van der Waals surface area (Å²) in [5.74, 6) is 0. The van der Waals surface area contributed by atoms with Crippen LogP contribution in [0.25, 0.3) is 66.1 Å². The van der Waals surface area contributed by atoms with Crippen molar-refractivity contribution in [2.24, 2.45) is 0 Å². The van der Waals surface area contributed by atoms with Gasteiger partial charge in [-0.3, -0.25) is 0 Å². The maximum atomic E-state index is 6.87. The van der Waals surface area contributed by atoms with E-state index >= 15 is 0 Å². The third-order valence-corrected chi connectivity index (χ3v) is 12.3. The van der Waals surface area contributed by atoms with Gasteiger partial charge in [0.2, 0.25) is 0 Å². The first-order valence-corrected chi connectivity index (χ1v) is 19.4. The van der Waals surface area contributed by atoms with Gasteiger partial charge >= 0.3 is 0 Å². The van der Waals surface area contributed by atoms with Gasteiger partial charge < -0.3 is 9.32 Å². The van der Waals surface area contributed by atoms with Gasteiger partial charge in [0.15, 0.2) is 5.58 Å². The van der Waals surface area contributed by atoms with Crippen LogP contribution in [0.4, 0.5) is 17.1 Å². The zero-order valence-electron chi connectivity index (χ0n) is 30.1. The Kier molecular flexibility index (Phi) is 7.13.